The highest BCUT2D eigenvalue weighted by Crippen LogP contribution is 2.17. The third-order valence-corrected chi connectivity index (χ3v) is 2.76. The Morgan fingerprint density at radius 1 is 1.56 bits per heavy atom. The van der Waals surface area contributed by atoms with Gasteiger partial charge in [0.25, 0.3) is 0 Å². The molecular formula is C10H12ClN5. The van der Waals surface area contributed by atoms with E-state index < -0.39 is 0 Å². The fraction of sp³-hybridized carbons (Fsp3) is 0.200. The highest BCUT2D eigenvalue weighted by molar-refractivity contribution is 6.31. The molecular weight excluding hydrogens is 226 g/mol. The topological polar surface area (TPSA) is 68.8 Å². The van der Waals surface area contributed by atoms with Crippen LogP contribution < -0.4 is 11.3 Å². The van der Waals surface area contributed by atoms with Gasteiger partial charge in [-0.25, -0.2) is 10.8 Å². The third kappa shape index (κ3) is 2.00. The summed E-state index contributed by atoms with van der Waals surface area (Å²) < 4.78 is 1.81. The molecule has 0 saturated carbocycles. The molecule has 0 aliphatic carbocycles. The van der Waals surface area contributed by atoms with Crippen LogP contribution in [-0.4, -0.2) is 14.8 Å². The molecule has 0 spiro atoms. The second-order valence-electron chi connectivity index (χ2n) is 3.39. The first-order chi connectivity index (χ1) is 7.72. The summed E-state index contributed by atoms with van der Waals surface area (Å²) in [6.07, 6.45) is 3.31. The molecule has 2 aromatic rings. The van der Waals surface area contributed by atoms with Crippen LogP contribution in [0.2, 0.25) is 5.02 Å². The van der Waals surface area contributed by atoms with Crippen molar-refractivity contribution in [3.8, 4) is 0 Å². The largest absolute Gasteiger partial charge is 0.308 e. The maximum absolute atomic E-state index is 5.93. The number of hydrogen-bond donors (Lipinski definition) is 2. The van der Waals surface area contributed by atoms with E-state index in [0.29, 0.717) is 17.4 Å². The van der Waals surface area contributed by atoms with Crippen LogP contribution in [-0.2, 0) is 6.54 Å². The number of hydrogen-bond acceptors (Lipinski definition) is 4. The molecule has 0 saturated heterocycles. The summed E-state index contributed by atoms with van der Waals surface area (Å²) in [5.74, 6) is 6.03. The first kappa shape index (κ1) is 10.9. The van der Waals surface area contributed by atoms with Gasteiger partial charge in [-0.2, -0.15) is 5.10 Å². The Hall–Kier alpha value is -1.59. The van der Waals surface area contributed by atoms with Crippen LogP contribution in [0.4, 0.5) is 5.82 Å². The van der Waals surface area contributed by atoms with Crippen molar-refractivity contribution in [1.82, 2.24) is 14.8 Å². The Labute approximate surface area is 98.2 Å². The van der Waals surface area contributed by atoms with E-state index >= 15 is 0 Å². The summed E-state index contributed by atoms with van der Waals surface area (Å²) in [5.41, 5.74) is 4.45. The maximum Gasteiger partial charge on any atom is 0.144 e. The Morgan fingerprint density at radius 3 is 3.00 bits per heavy atom. The molecule has 0 aliphatic heterocycles. The molecule has 2 rings (SSSR count). The van der Waals surface area contributed by atoms with Crippen molar-refractivity contribution in [2.45, 2.75) is 13.5 Å². The van der Waals surface area contributed by atoms with E-state index in [1.165, 1.54) is 0 Å². The molecule has 0 amide bonds. The van der Waals surface area contributed by atoms with Crippen LogP contribution in [0.25, 0.3) is 0 Å². The summed E-state index contributed by atoms with van der Waals surface area (Å²) >= 11 is 5.93. The zero-order chi connectivity index (χ0) is 11.5. The van der Waals surface area contributed by atoms with Gasteiger partial charge in [0, 0.05) is 11.8 Å². The van der Waals surface area contributed by atoms with Crippen molar-refractivity contribution in [1.29, 1.82) is 0 Å². The number of rotatable bonds is 3. The van der Waals surface area contributed by atoms with E-state index in [4.69, 9.17) is 17.4 Å². The van der Waals surface area contributed by atoms with Crippen LogP contribution in [0.15, 0.2) is 24.5 Å². The van der Waals surface area contributed by atoms with Crippen molar-refractivity contribution >= 4 is 17.4 Å². The first-order valence-electron chi connectivity index (χ1n) is 4.81. The number of hydrazine groups is 1. The molecule has 0 unspecified atom stereocenters. The van der Waals surface area contributed by atoms with Crippen LogP contribution in [0.1, 0.15) is 11.3 Å². The number of nitrogen functional groups attached to an aromatic ring is 1. The average molecular weight is 238 g/mol. The summed E-state index contributed by atoms with van der Waals surface area (Å²) in [7, 11) is 0. The number of aromatic nitrogens is 3. The van der Waals surface area contributed by atoms with Gasteiger partial charge >= 0.3 is 0 Å². The number of anilines is 1. The number of halogens is 1. The summed E-state index contributed by atoms with van der Waals surface area (Å²) in [6.45, 7) is 2.51. The van der Waals surface area contributed by atoms with Gasteiger partial charge in [0.05, 0.1) is 23.5 Å². The molecule has 0 radical (unpaired) electrons. The molecule has 0 bridgehead atoms. The molecule has 5 nitrogen and oxygen atoms in total. The molecule has 0 aliphatic rings. The molecule has 3 N–H and O–H groups in total. The van der Waals surface area contributed by atoms with Gasteiger partial charge in [-0.15, -0.1) is 0 Å². The SMILES string of the molecule is Cc1c(Cl)cnn1Cc1cccnc1NN. The molecule has 2 heterocycles. The van der Waals surface area contributed by atoms with Crippen molar-refractivity contribution < 1.29 is 0 Å². The maximum atomic E-state index is 5.93. The standard InChI is InChI=1S/C10H12ClN5/c1-7-9(11)5-14-16(7)6-8-3-2-4-13-10(8)15-12/h2-5H,6,12H2,1H3,(H,13,15). The van der Waals surface area contributed by atoms with Gasteiger partial charge in [0.15, 0.2) is 0 Å². The predicted molar refractivity (Wildman–Crippen MR) is 63.1 cm³/mol. The first-order valence-corrected chi connectivity index (χ1v) is 5.18. The summed E-state index contributed by atoms with van der Waals surface area (Å²) in [6, 6.07) is 3.80. The van der Waals surface area contributed by atoms with E-state index in [0.717, 1.165) is 11.3 Å². The zero-order valence-electron chi connectivity index (χ0n) is 8.81. The Kier molecular flexibility index (Phi) is 3.07. The number of nitrogens with zero attached hydrogens (tertiary/aromatic N) is 3. The minimum absolute atomic E-state index is 0.589. The van der Waals surface area contributed by atoms with Crippen LogP contribution in [0.3, 0.4) is 0 Å². The molecule has 0 atom stereocenters. The van der Waals surface area contributed by atoms with E-state index in [2.05, 4.69) is 15.5 Å². The lowest BCUT2D eigenvalue weighted by atomic mass is 10.2. The van der Waals surface area contributed by atoms with Crippen molar-refractivity contribution in [3.05, 3.63) is 40.8 Å². The van der Waals surface area contributed by atoms with Gasteiger partial charge in [-0.1, -0.05) is 17.7 Å². The Bertz CT molecular complexity index is 494. The highest BCUT2D eigenvalue weighted by Gasteiger charge is 2.07. The predicted octanol–water partition coefficient (Wildman–Crippen LogP) is 1.57. The van der Waals surface area contributed by atoms with Gasteiger partial charge in [0.2, 0.25) is 0 Å². The highest BCUT2D eigenvalue weighted by atomic mass is 35.5. The van der Waals surface area contributed by atoms with Gasteiger partial charge < -0.3 is 5.43 Å². The average Bonchev–Trinajstić information content (AvgIpc) is 2.62. The molecule has 6 heteroatoms. The van der Waals surface area contributed by atoms with E-state index in [1.807, 2.05) is 19.1 Å². The second-order valence-corrected chi connectivity index (χ2v) is 3.80. The van der Waals surface area contributed by atoms with Crippen molar-refractivity contribution in [2.24, 2.45) is 5.84 Å². The monoisotopic (exact) mass is 237 g/mol. The smallest absolute Gasteiger partial charge is 0.144 e. The van der Waals surface area contributed by atoms with Crippen molar-refractivity contribution in [3.63, 3.8) is 0 Å². The fourth-order valence-corrected chi connectivity index (χ4v) is 1.58. The summed E-state index contributed by atoms with van der Waals surface area (Å²) in [4.78, 5) is 4.12. The Balaban J connectivity index is 2.30. The van der Waals surface area contributed by atoms with Crippen LogP contribution in [0, 0.1) is 6.92 Å². The van der Waals surface area contributed by atoms with Gasteiger partial charge in [-0.05, 0) is 13.0 Å². The third-order valence-electron chi connectivity index (χ3n) is 2.39. The quantitative estimate of drug-likeness (QED) is 0.628. The summed E-state index contributed by atoms with van der Waals surface area (Å²) in [5, 5.41) is 4.83. The minimum Gasteiger partial charge on any atom is -0.308 e. The number of nitrogens with two attached hydrogens (primary N) is 1. The van der Waals surface area contributed by atoms with E-state index in [9.17, 15) is 0 Å². The Morgan fingerprint density at radius 2 is 2.38 bits per heavy atom. The molecule has 16 heavy (non-hydrogen) atoms. The lowest BCUT2D eigenvalue weighted by Gasteiger charge is -2.08. The van der Waals surface area contributed by atoms with E-state index in [1.54, 1.807) is 17.1 Å². The number of pyridine rings is 1. The lowest BCUT2D eigenvalue weighted by molar-refractivity contribution is 0.664. The normalized spacial score (nSPS) is 10.4. The molecule has 2 aromatic heterocycles. The number of nitrogens with one attached hydrogen (secondary N) is 1. The van der Waals surface area contributed by atoms with E-state index in [-0.39, 0.29) is 0 Å². The van der Waals surface area contributed by atoms with Gasteiger partial charge in [-0.3, -0.25) is 4.68 Å². The minimum atomic E-state index is 0.589. The van der Waals surface area contributed by atoms with Crippen molar-refractivity contribution in [2.75, 3.05) is 5.43 Å². The van der Waals surface area contributed by atoms with Gasteiger partial charge in [0.1, 0.15) is 5.82 Å². The molecule has 0 aromatic carbocycles. The lowest BCUT2D eigenvalue weighted by Crippen LogP contribution is -2.13. The second kappa shape index (κ2) is 4.51. The molecule has 0 fully saturated rings. The van der Waals surface area contributed by atoms with Crippen LogP contribution in [0.5, 0.6) is 0 Å². The zero-order valence-corrected chi connectivity index (χ0v) is 9.57. The van der Waals surface area contributed by atoms with Crippen LogP contribution >= 0.6 is 11.6 Å². The molecule has 84 valence electrons. The fourth-order valence-electron chi connectivity index (χ4n) is 1.44.